The summed E-state index contributed by atoms with van der Waals surface area (Å²) < 4.78 is 0. The molecular formula is C16H12N2O3. The van der Waals surface area contributed by atoms with Gasteiger partial charge < -0.3 is 10.0 Å². The lowest BCUT2D eigenvalue weighted by molar-refractivity contribution is -0.131. The molecule has 2 aromatic rings. The van der Waals surface area contributed by atoms with Crippen molar-refractivity contribution in [3.63, 3.8) is 0 Å². The third-order valence-electron chi connectivity index (χ3n) is 3.32. The number of carboxylic acid groups (broad SMARTS) is 1. The Hall–Kier alpha value is -2.95. The van der Waals surface area contributed by atoms with Crippen LogP contribution >= 0.6 is 0 Å². The number of fused-ring (bicyclic) bond motifs is 1. The molecule has 0 radical (unpaired) electrons. The molecule has 0 saturated heterocycles. The van der Waals surface area contributed by atoms with Crippen LogP contribution in [0.4, 0.5) is 5.69 Å². The number of para-hydroxylation sites is 1. The highest BCUT2D eigenvalue weighted by molar-refractivity contribution is 6.34. The zero-order valence-electron chi connectivity index (χ0n) is 11.1. The minimum atomic E-state index is -1.13. The molecule has 21 heavy (non-hydrogen) atoms. The summed E-state index contributed by atoms with van der Waals surface area (Å²) in [5.41, 5.74) is 2.53. The van der Waals surface area contributed by atoms with Crippen LogP contribution in [0.2, 0.25) is 0 Å². The molecule has 5 heteroatoms. The van der Waals surface area contributed by atoms with Crippen LogP contribution in [-0.2, 0) is 16.1 Å². The number of hydrogen-bond acceptors (Lipinski definition) is 3. The van der Waals surface area contributed by atoms with Crippen LogP contribution in [0.15, 0.2) is 54.9 Å². The normalized spacial score (nSPS) is 15.3. The van der Waals surface area contributed by atoms with E-state index in [1.54, 1.807) is 29.4 Å². The van der Waals surface area contributed by atoms with E-state index < -0.39 is 5.97 Å². The fourth-order valence-corrected chi connectivity index (χ4v) is 2.40. The number of benzene rings is 1. The van der Waals surface area contributed by atoms with Crippen molar-refractivity contribution in [3.8, 4) is 0 Å². The summed E-state index contributed by atoms with van der Waals surface area (Å²) in [6.07, 6.45) is 4.29. The highest BCUT2D eigenvalue weighted by Gasteiger charge is 2.32. The molecule has 2 heterocycles. The minimum Gasteiger partial charge on any atom is -0.478 e. The zero-order chi connectivity index (χ0) is 14.8. The lowest BCUT2D eigenvalue weighted by Crippen LogP contribution is -2.25. The Morgan fingerprint density at radius 1 is 1.19 bits per heavy atom. The van der Waals surface area contributed by atoms with Gasteiger partial charge in [-0.15, -0.1) is 0 Å². The van der Waals surface area contributed by atoms with E-state index in [2.05, 4.69) is 4.98 Å². The average Bonchev–Trinajstić information content (AvgIpc) is 2.74. The molecular weight excluding hydrogens is 268 g/mol. The predicted octanol–water partition coefficient (Wildman–Crippen LogP) is 2.10. The third kappa shape index (κ3) is 2.41. The predicted molar refractivity (Wildman–Crippen MR) is 77.5 cm³/mol. The first kappa shape index (κ1) is 13.1. The Balaban J connectivity index is 2.03. The van der Waals surface area contributed by atoms with E-state index in [1.807, 2.05) is 24.3 Å². The second kappa shape index (κ2) is 5.20. The van der Waals surface area contributed by atoms with Gasteiger partial charge in [-0.2, -0.15) is 0 Å². The smallest absolute Gasteiger partial charge is 0.329 e. The quantitative estimate of drug-likeness (QED) is 0.874. The summed E-state index contributed by atoms with van der Waals surface area (Å²) >= 11 is 0. The first-order valence-electron chi connectivity index (χ1n) is 6.41. The summed E-state index contributed by atoms with van der Waals surface area (Å²) in [5.74, 6) is -1.42. The van der Waals surface area contributed by atoms with Gasteiger partial charge >= 0.3 is 5.97 Å². The Morgan fingerprint density at radius 3 is 2.62 bits per heavy atom. The molecule has 5 nitrogen and oxygen atoms in total. The largest absolute Gasteiger partial charge is 0.478 e. The number of amides is 1. The van der Waals surface area contributed by atoms with Gasteiger partial charge in [-0.05, 0) is 23.8 Å². The van der Waals surface area contributed by atoms with Crippen molar-refractivity contribution in [2.45, 2.75) is 6.54 Å². The van der Waals surface area contributed by atoms with E-state index in [-0.39, 0.29) is 11.5 Å². The first-order chi connectivity index (χ1) is 10.2. The van der Waals surface area contributed by atoms with E-state index in [4.69, 9.17) is 5.11 Å². The van der Waals surface area contributed by atoms with Crippen LogP contribution in [0.3, 0.4) is 0 Å². The molecule has 3 rings (SSSR count). The number of anilines is 1. The van der Waals surface area contributed by atoms with E-state index >= 15 is 0 Å². The van der Waals surface area contributed by atoms with Crippen molar-refractivity contribution < 1.29 is 14.7 Å². The third-order valence-corrected chi connectivity index (χ3v) is 3.32. The maximum atomic E-state index is 12.5. The number of carbonyl (C=O) groups excluding carboxylic acids is 1. The molecule has 1 amide bonds. The van der Waals surface area contributed by atoms with Crippen LogP contribution in [0.5, 0.6) is 0 Å². The molecule has 104 valence electrons. The van der Waals surface area contributed by atoms with E-state index in [9.17, 15) is 9.59 Å². The van der Waals surface area contributed by atoms with Gasteiger partial charge in [0, 0.05) is 24.0 Å². The SMILES string of the molecule is O=C(O)/C=C1/C(=O)N(Cc2ccncc2)c2ccccc21. The molecule has 0 aliphatic carbocycles. The van der Waals surface area contributed by atoms with Crippen LogP contribution < -0.4 is 4.90 Å². The number of carboxylic acids is 1. The second-order valence-electron chi connectivity index (χ2n) is 4.66. The molecule has 1 aromatic heterocycles. The number of rotatable bonds is 3. The van der Waals surface area contributed by atoms with Crippen molar-refractivity contribution in [1.82, 2.24) is 4.98 Å². The van der Waals surface area contributed by atoms with Crippen LogP contribution in [-0.4, -0.2) is 22.0 Å². The van der Waals surface area contributed by atoms with E-state index in [0.29, 0.717) is 12.1 Å². The number of pyridine rings is 1. The van der Waals surface area contributed by atoms with E-state index in [0.717, 1.165) is 17.3 Å². The second-order valence-corrected chi connectivity index (χ2v) is 4.66. The summed E-state index contributed by atoms with van der Waals surface area (Å²) in [5, 5.41) is 8.94. The van der Waals surface area contributed by atoms with Crippen LogP contribution in [0.25, 0.3) is 5.57 Å². The Labute approximate surface area is 121 Å². The van der Waals surface area contributed by atoms with Crippen molar-refractivity contribution in [3.05, 3.63) is 66.0 Å². The van der Waals surface area contributed by atoms with Gasteiger partial charge in [0.25, 0.3) is 5.91 Å². The maximum Gasteiger partial charge on any atom is 0.329 e. The minimum absolute atomic E-state index is 0.215. The van der Waals surface area contributed by atoms with Gasteiger partial charge in [0.05, 0.1) is 17.8 Å². The van der Waals surface area contributed by atoms with Gasteiger partial charge in [-0.25, -0.2) is 4.79 Å². The molecule has 0 fully saturated rings. The lowest BCUT2D eigenvalue weighted by Gasteiger charge is -2.16. The Kier molecular flexibility index (Phi) is 3.23. The lowest BCUT2D eigenvalue weighted by atomic mass is 10.1. The van der Waals surface area contributed by atoms with E-state index in [1.165, 1.54) is 0 Å². The standard InChI is InChI=1S/C16H12N2O3/c19-15(20)9-13-12-3-1-2-4-14(12)18(16(13)21)10-11-5-7-17-8-6-11/h1-9H,10H2,(H,19,20)/b13-9+. The molecule has 0 atom stereocenters. The van der Waals surface area contributed by atoms with Crippen molar-refractivity contribution in [2.75, 3.05) is 4.90 Å². The zero-order valence-corrected chi connectivity index (χ0v) is 11.1. The van der Waals surface area contributed by atoms with Gasteiger partial charge in [-0.1, -0.05) is 18.2 Å². The Bertz CT molecular complexity index is 738. The van der Waals surface area contributed by atoms with Gasteiger partial charge in [0.1, 0.15) is 0 Å². The molecule has 0 saturated carbocycles. The van der Waals surface area contributed by atoms with Crippen LogP contribution in [0.1, 0.15) is 11.1 Å². The average molecular weight is 280 g/mol. The summed E-state index contributed by atoms with van der Waals surface area (Å²) in [6, 6.07) is 10.8. The molecule has 0 unspecified atom stereocenters. The topological polar surface area (TPSA) is 70.5 Å². The fourth-order valence-electron chi connectivity index (χ4n) is 2.40. The summed E-state index contributed by atoms with van der Waals surface area (Å²) in [7, 11) is 0. The summed E-state index contributed by atoms with van der Waals surface area (Å²) in [6.45, 7) is 0.384. The highest BCUT2D eigenvalue weighted by atomic mass is 16.4. The molecule has 1 aliphatic heterocycles. The van der Waals surface area contributed by atoms with Crippen molar-refractivity contribution >= 4 is 23.1 Å². The molecule has 0 spiro atoms. The summed E-state index contributed by atoms with van der Waals surface area (Å²) in [4.78, 5) is 28.9. The first-order valence-corrected chi connectivity index (χ1v) is 6.41. The monoisotopic (exact) mass is 280 g/mol. The molecule has 1 N–H and O–H groups in total. The van der Waals surface area contributed by atoms with Crippen molar-refractivity contribution in [1.29, 1.82) is 0 Å². The van der Waals surface area contributed by atoms with Crippen molar-refractivity contribution in [2.24, 2.45) is 0 Å². The number of aromatic nitrogens is 1. The number of hydrogen-bond donors (Lipinski definition) is 1. The molecule has 0 bridgehead atoms. The fraction of sp³-hybridized carbons (Fsp3) is 0.0625. The molecule has 1 aromatic carbocycles. The van der Waals surface area contributed by atoms with Gasteiger partial charge in [0.15, 0.2) is 0 Å². The molecule has 1 aliphatic rings. The van der Waals surface area contributed by atoms with Gasteiger partial charge in [-0.3, -0.25) is 9.78 Å². The highest BCUT2D eigenvalue weighted by Crippen LogP contribution is 2.37. The number of aliphatic carboxylic acids is 1. The van der Waals surface area contributed by atoms with Crippen LogP contribution in [0, 0.1) is 0 Å². The maximum absolute atomic E-state index is 12.5. The number of nitrogens with zero attached hydrogens (tertiary/aromatic N) is 2. The Morgan fingerprint density at radius 2 is 1.90 bits per heavy atom. The number of carbonyl (C=O) groups is 2. The van der Waals surface area contributed by atoms with Gasteiger partial charge in [0.2, 0.25) is 0 Å².